The molecule has 0 rings (SSSR count). The molecule has 2 N–H and O–H groups in total. The molecule has 1 atom stereocenters. The molecule has 84 valence electrons. The fraction of sp³-hybridized carbons (Fsp3) is 0.500. The Morgan fingerprint density at radius 2 is 1.67 bits per heavy atom. The number of carboxylic acid groups (broad SMARTS) is 2. The Bertz CT molecular complexity index is 319. The van der Waals surface area contributed by atoms with E-state index >= 15 is 0 Å². The number of carbonyl (C=O) groups excluding carboxylic acids is 2. The van der Waals surface area contributed by atoms with Gasteiger partial charge in [-0.25, -0.2) is 9.59 Å². The minimum atomic E-state index is -2.23. The van der Waals surface area contributed by atoms with Gasteiger partial charge in [-0.3, -0.25) is 9.59 Å². The number of hydrogen-bond donors (Lipinski definition) is 2. The number of carboxylic acids is 2. The molecular formula is C8H10O7. The second-order valence-corrected chi connectivity index (χ2v) is 3.05. The van der Waals surface area contributed by atoms with Crippen molar-refractivity contribution in [1.29, 1.82) is 0 Å². The molecule has 0 aliphatic rings. The van der Waals surface area contributed by atoms with Gasteiger partial charge >= 0.3 is 17.9 Å². The number of esters is 1. The standard InChI is InChI=1S/C8H10O7/c1-4(9)6(12)15-8(2,7(13)14)3-5(10)11/h3H2,1-2H3,(H,10,11)(H,13,14). The zero-order chi connectivity index (χ0) is 12.2. The van der Waals surface area contributed by atoms with E-state index in [0.717, 1.165) is 13.8 Å². The SMILES string of the molecule is CC(=O)C(=O)OC(C)(CC(=O)O)C(=O)O. The maximum Gasteiger partial charge on any atom is 0.375 e. The van der Waals surface area contributed by atoms with Crippen LogP contribution >= 0.6 is 0 Å². The van der Waals surface area contributed by atoms with E-state index in [0.29, 0.717) is 0 Å². The highest BCUT2D eigenvalue weighted by Crippen LogP contribution is 2.16. The lowest BCUT2D eigenvalue weighted by molar-refractivity contribution is -0.181. The van der Waals surface area contributed by atoms with E-state index < -0.39 is 35.7 Å². The van der Waals surface area contributed by atoms with Crippen LogP contribution in [0, 0.1) is 0 Å². The van der Waals surface area contributed by atoms with Gasteiger partial charge in [-0.2, -0.15) is 0 Å². The molecule has 0 aliphatic carbocycles. The lowest BCUT2D eigenvalue weighted by Gasteiger charge is -2.22. The van der Waals surface area contributed by atoms with Gasteiger partial charge in [-0.1, -0.05) is 0 Å². The van der Waals surface area contributed by atoms with Gasteiger partial charge in [0.2, 0.25) is 11.4 Å². The van der Waals surface area contributed by atoms with Crippen LogP contribution in [-0.2, 0) is 23.9 Å². The van der Waals surface area contributed by atoms with Crippen LogP contribution in [0.5, 0.6) is 0 Å². The first kappa shape index (κ1) is 13.1. The summed E-state index contributed by atoms with van der Waals surface area (Å²) in [6.07, 6.45) is -0.915. The molecule has 0 aromatic rings. The monoisotopic (exact) mass is 218 g/mol. The van der Waals surface area contributed by atoms with Crippen molar-refractivity contribution in [3.05, 3.63) is 0 Å². The number of Topliss-reactive ketones (excluding diaryl/α,β-unsaturated/α-hetero) is 1. The van der Waals surface area contributed by atoms with E-state index in [9.17, 15) is 19.2 Å². The number of ether oxygens (including phenoxy) is 1. The van der Waals surface area contributed by atoms with Crippen molar-refractivity contribution < 1.29 is 34.1 Å². The molecule has 0 saturated carbocycles. The molecule has 7 heteroatoms. The first-order valence-electron chi connectivity index (χ1n) is 3.88. The zero-order valence-electron chi connectivity index (χ0n) is 8.14. The summed E-state index contributed by atoms with van der Waals surface area (Å²) in [6.45, 7) is 1.80. The van der Waals surface area contributed by atoms with E-state index in [-0.39, 0.29) is 0 Å². The highest BCUT2D eigenvalue weighted by molar-refractivity contribution is 6.32. The van der Waals surface area contributed by atoms with E-state index in [1.807, 2.05) is 0 Å². The summed E-state index contributed by atoms with van der Waals surface area (Å²) >= 11 is 0. The number of aliphatic carboxylic acids is 2. The van der Waals surface area contributed by atoms with Crippen LogP contribution in [0.25, 0.3) is 0 Å². The van der Waals surface area contributed by atoms with Crippen LogP contribution in [0.1, 0.15) is 20.3 Å². The Hall–Kier alpha value is -1.92. The van der Waals surface area contributed by atoms with Gasteiger partial charge in [0.1, 0.15) is 0 Å². The zero-order valence-corrected chi connectivity index (χ0v) is 8.14. The molecule has 1 unspecified atom stereocenters. The minimum Gasteiger partial charge on any atom is -0.481 e. The number of hydrogen-bond acceptors (Lipinski definition) is 5. The average Bonchev–Trinajstić information content (AvgIpc) is 2.01. The Kier molecular flexibility index (Phi) is 3.96. The molecule has 0 bridgehead atoms. The Labute approximate surface area is 84.6 Å². The highest BCUT2D eigenvalue weighted by Gasteiger charge is 2.40. The Morgan fingerprint density at radius 3 is 1.93 bits per heavy atom. The molecule has 0 aromatic carbocycles. The maximum atomic E-state index is 10.8. The fourth-order valence-corrected chi connectivity index (χ4v) is 0.720. The van der Waals surface area contributed by atoms with Crippen LogP contribution in [-0.4, -0.2) is 39.5 Å². The van der Waals surface area contributed by atoms with Crippen molar-refractivity contribution in [2.45, 2.75) is 25.9 Å². The van der Waals surface area contributed by atoms with Crippen LogP contribution in [0.3, 0.4) is 0 Å². The van der Waals surface area contributed by atoms with Crippen molar-refractivity contribution in [2.24, 2.45) is 0 Å². The van der Waals surface area contributed by atoms with Gasteiger partial charge < -0.3 is 14.9 Å². The number of rotatable bonds is 5. The predicted octanol–water partition coefficient (Wildman–Crippen LogP) is -0.563. The van der Waals surface area contributed by atoms with Gasteiger partial charge in [0.15, 0.2) is 0 Å². The number of carbonyl (C=O) groups is 4. The lowest BCUT2D eigenvalue weighted by Crippen LogP contribution is -2.43. The quantitative estimate of drug-likeness (QED) is 0.468. The van der Waals surface area contributed by atoms with E-state index in [1.54, 1.807) is 0 Å². The van der Waals surface area contributed by atoms with E-state index in [1.165, 1.54) is 0 Å². The van der Waals surface area contributed by atoms with Crippen molar-refractivity contribution >= 4 is 23.7 Å². The molecule has 0 aromatic heterocycles. The summed E-state index contributed by atoms with van der Waals surface area (Å²) < 4.78 is 4.30. The summed E-state index contributed by atoms with van der Waals surface area (Å²) in [5.41, 5.74) is -2.23. The molecule has 0 spiro atoms. The van der Waals surface area contributed by atoms with Crippen LogP contribution < -0.4 is 0 Å². The topological polar surface area (TPSA) is 118 Å². The average molecular weight is 218 g/mol. The summed E-state index contributed by atoms with van der Waals surface area (Å²) in [4.78, 5) is 42.3. The smallest absolute Gasteiger partial charge is 0.375 e. The molecule has 0 heterocycles. The number of ketones is 1. The maximum absolute atomic E-state index is 10.8. The second kappa shape index (κ2) is 4.54. The third-order valence-electron chi connectivity index (χ3n) is 1.55. The van der Waals surface area contributed by atoms with E-state index in [2.05, 4.69) is 4.74 Å². The molecule has 0 aliphatic heterocycles. The van der Waals surface area contributed by atoms with Crippen LogP contribution in [0.4, 0.5) is 0 Å². The largest absolute Gasteiger partial charge is 0.481 e. The second-order valence-electron chi connectivity index (χ2n) is 3.05. The summed E-state index contributed by atoms with van der Waals surface area (Å²) in [7, 11) is 0. The summed E-state index contributed by atoms with van der Waals surface area (Å²) in [5.74, 6) is -5.44. The van der Waals surface area contributed by atoms with Crippen molar-refractivity contribution in [3.8, 4) is 0 Å². The third-order valence-corrected chi connectivity index (χ3v) is 1.55. The fourth-order valence-electron chi connectivity index (χ4n) is 0.720. The predicted molar refractivity (Wildman–Crippen MR) is 45.1 cm³/mol. The Balaban J connectivity index is 4.81. The molecule has 0 fully saturated rings. The minimum absolute atomic E-state index is 0.894. The summed E-state index contributed by atoms with van der Waals surface area (Å²) in [5, 5.41) is 17.1. The normalized spacial score (nSPS) is 13.7. The first-order valence-corrected chi connectivity index (χ1v) is 3.88. The van der Waals surface area contributed by atoms with Crippen LogP contribution in [0.2, 0.25) is 0 Å². The van der Waals surface area contributed by atoms with Gasteiger partial charge in [-0.05, 0) is 6.92 Å². The third kappa shape index (κ3) is 3.75. The lowest BCUT2D eigenvalue weighted by atomic mass is 10.0. The molecule has 0 amide bonds. The van der Waals surface area contributed by atoms with Crippen molar-refractivity contribution in [1.82, 2.24) is 0 Å². The van der Waals surface area contributed by atoms with E-state index in [4.69, 9.17) is 10.2 Å². The van der Waals surface area contributed by atoms with Gasteiger partial charge in [0.05, 0.1) is 6.42 Å². The van der Waals surface area contributed by atoms with Gasteiger partial charge in [0, 0.05) is 6.92 Å². The Morgan fingerprint density at radius 1 is 1.20 bits per heavy atom. The van der Waals surface area contributed by atoms with Crippen molar-refractivity contribution in [3.63, 3.8) is 0 Å². The molecule has 15 heavy (non-hydrogen) atoms. The van der Waals surface area contributed by atoms with Crippen LogP contribution in [0.15, 0.2) is 0 Å². The molecule has 0 saturated heterocycles. The van der Waals surface area contributed by atoms with Crippen molar-refractivity contribution in [2.75, 3.05) is 0 Å². The summed E-state index contributed by atoms with van der Waals surface area (Å²) in [6, 6.07) is 0. The molecular weight excluding hydrogens is 208 g/mol. The molecule has 0 radical (unpaired) electrons. The first-order chi connectivity index (χ1) is 6.69. The highest BCUT2D eigenvalue weighted by atomic mass is 16.6. The van der Waals surface area contributed by atoms with Gasteiger partial charge in [0.25, 0.3) is 0 Å². The van der Waals surface area contributed by atoms with Gasteiger partial charge in [-0.15, -0.1) is 0 Å². The molecule has 7 nitrogen and oxygen atoms in total.